The summed E-state index contributed by atoms with van der Waals surface area (Å²) in [5, 5.41) is 0. The van der Waals surface area contributed by atoms with Gasteiger partial charge in [-0.25, -0.2) is 0 Å². The number of carbonyl (C=O) groups is 2. The van der Waals surface area contributed by atoms with Crippen molar-refractivity contribution in [1.29, 1.82) is 0 Å². The first kappa shape index (κ1) is 17.9. The van der Waals surface area contributed by atoms with Gasteiger partial charge in [-0.3, -0.25) is 9.59 Å². The lowest BCUT2D eigenvalue weighted by molar-refractivity contribution is -0.143. The van der Waals surface area contributed by atoms with E-state index in [4.69, 9.17) is 9.47 Å². The maximum absolute atomic E-state index is 11.9. The predicted octanol–water partition coefficient (Wildman–Crippen LogP) is 3.58. The molecule has 0 aromatic carbocycles. The van der Waals surface area contributed by atoms with Gasteiger partial charge in [0.25, 0.3) is 0 Å². The summed E-state index contributed by atoms with van der Waals surface area (Å²) in [4.78, 5) is 23.1. The van der Waals surface area contributed by atoms with Crippen molar-refractivity contribution in [3.8, 4) is 0 Å². The van der Waals surface area contributed by atoms with Crippen molar-refractivity contribution in [3.63, 3.8) is 0 Å². The number of allylic oxidation sites excluding steroid dienone is 1. The highest BCUT2D eigenvalue weighted by molar-refractivity contribution is 5.98. The van der Waals surface area contributed by atoms with E-state index in [9.17, 15) is 9.59 Å². The summed E-state index contributed by atoms with van der Waals surface area (Å²) in [5.74, 6) is 0.0874. The standard InChI is InChI=1S/C17H28O4/c1-4-13(3)21-15-11-14(16(18)12-15)9-7-6-8-10-17(19)20-5-2/h11,13,15H,4-10,12H2,1-3H3. The fourth-order valence-electron chi connectivity index (χ4n) is 2.39. The molecule has 2 unspecified atom stereocenters. The molecule has 0 fully saturated rings. The maximum Gasteiger partial charge on any atom is 0.305 e. The van der Waals surface area contributed by atoms with Crippen LogP contribution in [0, 0.1) is 0 Å². The lowest BCUT2D eigenvalue weighted by atomic mass is 10.1. The molecule has 0 aromatic rings. The Hall–Kier alpha value is -1.16. The van der Waals surface area contributed by atoms with Gasteiger partial charge < -0.3 is 9.47 Å². The van der Waals surface area contributed by atoms with Gasteiger partial charge >= 0.3 is 5.97 Å². The molecule has 0 bridgehead atoms. The van der Waals surface area contributed by atoms with E-state index < -0.39 is 0 Å². The molecule has 1 aliphatic rings. The molecule has 0 heterocycles. The molecule has 1 rings (SSSR count). The van der Waals surface area contributed by atoms with Crippen LogP contribution in [0.5, 0.6) is 0 Å². The topological polar surface area (TPSA) is 52.6 Å². The van der Waals surface area contributed by atoms with Crippen LogP contribution in [0.15, 0.2) is 11.6 Å². The van der Waals surface area contributed by atoms with Crippen LogP contribution in [0.1, 0.15) is 65.7 Å². The molecule has 0 saturated carbocycles. The van der Waals surface area contributed by atoms with Crippen LogP contribution in [0.2, 0.25) is 0 Å². The second kappa shape index (κ2) is 9.72. The van der Waals surface area contributed by atoms with E-state index in [1.807, 2.05) is 19.9 Å². The Bertz CT molecular complexity index is 373. The second-order valence-corrected chi connectivity index (χ2v) is 5.58. The third kappa shape index (κ3) is 6.89. The number of unbranched alkanes of at least 4 members (excludes halogenated alkanes) is 2. The van der Waals surface area contributed by atoms with Crippen molar-refractivity contribution in [2.45, 2.75) is 77.9 Å². The number of rotatable bonds is 10. The Morgan fingerprint density at radius 1 is 1.33 bits per heavy atom. The van der Waals surface area contributed by atoms with Crippen LogP contribution < -0.4 is 0 Å². The largest absolute Gasteiger partial charge is 0.466 e. The average Bonchev–Trinajstić information content (AvgIpc) is 2.78. The van der Waals surface area contributed by atoms with Crippen molar-refractivity contribution in [2.24, 2.45) is 0 Å². The minimum absolute atomic E-state index is 0.0398. The quantitative estimate of drug-likeness (QED) is 0.457. The lowest BCUT2D eigenvalue weighted by Gasteiger charge is -2.14. The van der Waals surface area contributed by atoms with Crippen molar-refractivity contribution < 1.29 is 19.1 Å². The summed E-state index contributed by atoms with van der Waals surface area (Å²) < 4.78 is 10.7. The first-order valence-corrected chi connectivity index (χ1v) is 8.11. The van der Waals surface area contributed by atoms with Gasteiger partial charge in [-0.2, -0.15) is 0 Å². The van der Waals surface area contributed by atoms with E-state index in [0.717, 1.165) is 37.7 Å². The molecule has 2 atom stereocenters. The molecule has 0 aliphatic heterocycles. The maximum atomic E-state index is 11.9. The highest BCUT2D eigenvalue weighted by Gasteiger charge is 2.25. The molecule has 0 saturated heterocycles. The third-order valence-corrected chi connectivity index (χ3v) is 3.75. The predicted molar refractivity (Wildman–Crippen MR) is 82.1 cm³/mol. The first-order valence-electron chi connectivity index (χ1n) is 8.11. The molecule has 21 heavy (non-hydrogen) atoms. The zero-order valence-electron chi connectivity index (χ0n) is 13.5. The Labute approximate surface area is 127 Å². The van der Waals surface area contributed by atoms with Crippen molar-refractivity contribution >= 4 is 11.8 Å². The summed E-state index contributed by atoms with van der Waals surface area (Å²) in [6, 6.07) is 0. The molecule has 0 radical (unpaired) electrons. The Morgan fingerprint density at radius 2 is 2.10 bits per heavy atom. The second-order valence-electron chi connectivity index (χ2n) is 5.58. The molecule has 0 spiro atoms. The molecule has 0 N–H and O–H groups in total. The summed E-state index contributed by atoms with van der Waals surface area (Å²) >= 11 is 0. The Balaban J connectivity index is 2.20. The van der Waals surface area contributed by atoms with Gasteiger partial charge in [0.2, 0.25) is 0 Å². The number of esters is 1. The van der Waals surface area contributed by atoms with Crippen molar-refractivity contribution in [1.82, 2.24) is 0 Å². The van der Waals surface area contributed by atoms with Gasteiger partial charge in [-0.05, 0) is 51.2 Å². The van der Waals surface area contributed by atoms with Gasteiger partial charge in [0, 0.05) is 12.8 Å². The van der Waals surface area contributed by atoms with E-state index in [1.54, 1.807) is 0 Å². The van der Waals surface area contributed by atoms with Gasteiger partial charge in [0.1, 0.15) is 0 Å². The van der Waals surface area contributed by atoms with Gasteiger partial charge in [0.15, 0.2) is 5.78 Å². The van der Waals surface area contributed by atoms with E-state index in [-0.39, 0.29) is 24.0 Å². The SMILES string of the molecule is CCOC(=O)CCCCCC1=CC(OC(C)CC)CC1=O. The van der Waals surface area contributed by atoms with Crippen LogP contribution in [0.25, 0.3) is 0 Å². The molecular weight excluding hydrogens is 268 g/mol. The number of hydrogen-bond donors (Lipinski definition) is 0. The van der Waals surface area contributed by atoms with E-state index in [0.29, 0.717) is 19.4 Å². The van der Waals surface area contributed by atoms with E-state index in [1.165, 1.54) is 0 Å². The summed E-state index contributed by atoms with van der Waals surface area (Å²) in [7, 11) is 0. The lowest BCUT2D eigenvalue weighted by Crippen LogP contribution is -2.16. The number of hydrogen-bond acceptors (Lipinski definition) is 4. The van der Waals surface area contributed by atoms with Crippen LogP contribution in [-0.2, 0) is 19.1 Å². The number of Topliss-reactive ketones (excluding diaryl/α,β-unsaturated/α-hetero) is 1. The highest BCUT2D eigenvalue weighted by Crippen LogP contribution is 2.24. The van der Waals surface area contributed by atoms with Gasteiger partial charge in [-0.15, -0.1) is 0 Å². The fourth-order valence-corrected chi connectivity index (χ4v) is 2.39. The number of carbonyl (C=O) groups excluding carboxylic acids is 2. The monoisotopic (exact) mass is 296 g/mol. The number of ketones is 1. The fraction of sp³-hybridized carbons (Fsp3) is 0.765. The Kier molecular flexibility index (Phi) is 8.28. The normalized spacial score (nSPS) is 19.5. The van der Waals surface area contributed by atoms with Gasteiger partial charge in [0.05, 0.1) is 18.8 Å². The first-order chi connectivity index (χ1) is 10.1. The Morgan fingerprint density at radius 3 is 2.76 bits per heavy atom. The summed E-state index contributed by atoms with van der Waals surface area (Å²) in [6.07, 6.45) is 7.57. The third-order valence-electron chi connectivity index (χ3n) is 3.75. The van der Waals surface area contributed by atoms with Crippen molar-refractivity contribution in [3.05, 3.63) is 11.6 Å². The van der Waals surface area contributed by atoms with Crippen molar-refractivity contribution in [2.75, 3.05) is 6.61 Å². The highest BCUT2D eigenvalue weighted by atomic mass is 16.5. The zero-order chi connectivity index (χ0) is 15.7. The van der Waals surface area contributed by atoms with Gasteiger partial charge in [-0.1, -0.05) is 13.3 Å². The molecule has 4 heteroatoms. The molecule has 0 aromatic heterocycles. The van der Waals surface area contributed by atoms with Crippen LogP contribution in [0.3, 0.4) is 0 Å². The zero-order valence-corrected chi connectivity index (χ0v) is 13.5. The molecule has 4 nitrogen and oxygen atoms in total. The van der Waals surface area contributed by atoms with Crippen LogP contribution in [-0.4, -0.2) is 30.6 Å². The minimum Gasteiger partial charge on any atom is -0.466 e. The smallest absolute Gasteiger partial charge is 0.305 e. The van der Waals surface area contributed by atoms with E-state index in [2.05, 4.69) is 6.92 Å². The summed E-state index contributed by atoms with van der Waals surface area (Å²) in [6.45, 7) is 6.37. The van der Waals surface area contributed by atoms with E-state index >= 15 is 0 Å². The molecule has 1 aliphatic carbocycles. The minimum atomic E-state index is -0.129. The molecular formula is C17H28O4. The van der Waals surface area contributed by atoms with Crippen LogP contribution >= 0.6 is 0 Å². The number of ether oxygens (including phenoxy) is 2. The molecule has 0 amide bonds. The average molecular weight is 296 g/mol. The van der Waals surface area contributed by atoms with Crippen LogP contribution in [0.4, 0.5) is 0 Å². The summed E-state index contributed by atoms with van der Waals surface area (Å²) in [5.41, 5.74) is 0.902. The molecule has 120 valence electrons.